The lowest BCUT2D eigenvalue weighted by atomic mass is 10.3. The highest BCUT2D eigenvalue weighted by Crippen LogP contribution is 2.19. The maximum Gasteiger partial charge on any atom is 0.346 e. The van der Waals surface area contributed by atoms with Gasteiger partial charge in [0.1, 0.15) is 0 Å². The Morgan fingerprint density at radius 2 is 2.06 bits per heavy atom. The van der Waals surface area contributed by atoms with Crippen LogP contribution in [0.2, 0.25) is 0 Å². The van der Waals surface area contributed by atoms with E-state index in [0.717, 1.165) is 0 Å². The monoisotopic (exact) mass is 220 g/mol. The third-order valence-corrected chi connectivity index (χ3v) is 2.15. The maximum absolute atomic E-state index is 13.4. The predicted octanol–water partition coefficient (Wildman–Crippen LogP) is 1.97. The third kappa shape index (κ3) is 1.79. The molecule has 5 heteroatoms. The van der Waals surface area contributed by atoms with Crippen LogP contribution < -0.4 is 0 Å². The number of rotatable bonds is 3. The van der Waals surface area contributed by atoms with Gasteiger partial charge in [-0.15, -0.1) is 0 Å². The third-order valence-electron chi connectivity index (χ3n) is 2.15. The van der Waals surface area contributed by atoms with Gasteiger partial charge in [0.15, 0.2) is 5.82 Å². The molecule has 1 aromatic carbocycles. The van der Waals surface area contributed by atoms with Crippen LogP contribution in [0, 0.1) is 0 Å². The average Bonchev–Trinajstić information content (AvgIpc) is 2.77. The highest BCUT2D eigenvalue weighted by Gasteiger charge is 2.23. The van der Waals surface area contributed by atoms with Gasteiger partial charge in [0.25, 0.3) is 6.17 Å². The first-order valence-corrected chi connectivity index (χ1v) is 4.65. The summed E-state index contributed by atoms with van der Waals surface area (Å²) < 4.78 is 14.8. The van der Waals surface area contributed by atoms with Gasteiger partial charge in [0.05, 0.1) is 0 Å². The van der Waals surface area contributed by atoms with E-state index in [1.165, 1.54) is 17.0 Å². The molecule has 0 bridgehead atoms. The summed E-state index contributed by atoms with van der Waals surface area (Å²) in [6, 6.07) is 8.89. The predicted molar refractivity (Wildman–Crippen MR) is 55.0 cm³/mol. The number of aliphatic carboxylic acids is 1. The van der Waals surface area contributed by atoms with E-state index in [-0.39, 0.29) is 5.82 Å². The number of carboxylic acid groups (broad SMARTS) is 1. The number of para-hydroxylation sites is 1. The van der Waals surface area contributed by atoms with Crippen molar-refractivity contribution in [2.45, 2.75) is 6.17 Å². The normalized spacial score (nSPS) is 12.3. The molecule has 16 heavy (non-hydrogen) atoms. The van der Waals surface area contributed by atoms with Crippen LogP contribution in [-0.4, -0.2) is 20.6 Å². The molecule has 2 aromatic rings. The second kappa shape index (κ2) is 4.14. The zero-order chi connectivity index (χ0) is 11.5. The van der Waals surface area contributed by atoms with Crippen molar-refractivity contribution < 1.29 is 14.3 Å². The minimum absolute atomic E-state index is 0.126. The van der Waals surface area contributed by atoms with Crippen LogP contribution in [0.4, 0.5) is 4.39 Å². The van der Waals surface area contributed by atoms with Crippen LogP contribution in [0.25, 0.3) is 5.69 Å². The number of hydrogen-bond donors (Lipinski definition) is 1. The minimum atomic E-state index is -2.12. The van der Waals surface area contributed by atoms with Gasteiger partial charge in [0.2, 0.25) is 0 Å². The molecule has 0 saturated heterocycles. The fourth-order valence-corrected chi connectivity index (χ4v) is 1.42. The number of aromatic nitrogens is 2. The summed E-state index contributed by atoms with van der Waals surface area (Å²) >= 11 is 0. The summed E-state index contributed by atoms with van der Waals surface area (Å²) in [5.74, 6) is -1.66. The van der Waals surface area contributed by atoms with Gasteiger partial charge in [-0.25, -0.2) is 14.2 Å². The van der Waals surface area contributed by atoms with Gasteiger partial charge in [-0.2, -0.15) is 0 Å². The van der Waals surface area contributed by atoms with Crippen molar-refractivity contribution in [1.82, 2.24) is 9.55 Å². The van der Waals surface area contributed by atoms with Crippen molar-refractivity contribution in [2.75, 3.05) is 0 Å². The Morgan fingerprint density at radius 1 is 1.38 bits per heavy atom. The Bertz CT molecular complexity index is 496. The molecule has 0 aliphatic rings. The number of benzene rings is 1. The molecule has 1 N–H and O–H groups in total. The van der Waals surface area contributed by atoms with Crippen molar-refractivity contribution in [1.29, 1.82) is 0 Å². The second-order valence-electron chi connectivity index (χ2n) is 3.19. The molecule has 1 atom stereocenters. The molecule has 2 rings (SSSR count). The molecule has 0 saturated carbocycles. The van der Waals surface area contributed by atoms with Crippen molar-refractivity contribution >= 4 is 5.97 Å². The first kappa shape index (κ1) is 10.4. The van der Waals surface area contributed by atoms with Crippen molar-refractivity contribution in [3.05, 3.63) is 48.5 Å². The van der Waals surface area contributed by atoms with Crippen molar-refractivity contribution in [2.24, 2.45) is 0 Å². The lowest BCUT2D eigenvalue weighted by molar-refractivity contribution is -0.143. The Labute approximate surface area is 91.0 Å². The largest absolute Gasteiger partial charge is 0.479 e. The van der Waals surface area contributed by atoms with Gasteiger partial charge in [-0.05, 0) is 12.1 Å². The average molecular weight is 220 g/mol. The fourth-order valence-electron chi connectivity index (χ4n) is 1.42. The zero-order valence-corrected chi connectivity index (χ0v) is 8.25. The van der Waals surface area contributed by atoms with E-state index in [1.807, 2.05) is 6.07 Å². The zero-order valence-electron chi connectivity index (χ0n) is 8.25. The fraction of sp³-hybridized carbons (Fsp3) is 0.0909. The summed E-state index contributed by atoms with van der Waals surface area (Å²) in [5, 5.41) is 8.60. The van der Waals surface area contributed by atoms with Crippen molar-refractivity contribution in [3.8, 4) is 5.69 Å². The second-order valence-corrected chi connectivity index (χ2v) is 3.19. The molecule has 1 heterocycles. The number of imidazole rings is 1. The Hall–Kier alpha value is -2.17. The standard InChI is InChI=1S/C11H9FN2O2/c12-9(11(15)16)10-13-6-7-14(10)8-4-2-1-3-5-8/h1-7,9H,(H,15,16). The number of hydrogen-bond acceptors (Lipinski definition) is 2. The van der Waals surface area contributed by atoms with Crippen LogP contribution in [-0.2, 0) is 4.79 Å². The first-order valence-electron chi connectivity index (χ1n) is 4.65. The number of carbonyl (C=O) groups is 1. The number of halogens is 1. The minimum Gasteiger partial charge on any atom is -0.479 e. The quantitative estimate of drug-likeness (QED) is 0.860. The molecule has 0 spiro atoms. The maximum atomic E-state index is 13.4. The molecule has 4 nitrogen and oxygen atoms in total. The van der Waals surface area contributed by atoms with E-state index in [4.69, 9.17) is 5.11 Å². The summed E-state index contributed by atoms with van der Waals surface area (Å²) in [6.07, 6.45) is 0.785. The number of alkyl halides is 1. The molecule has 1 aromatic heterocycles. The molecular formula is C11H9FN2O2. The molecule has 0 aliphatic carbocycles. The summed E-state index contributed by atoms with van der Waals surface area (Å²) in [7, 11) is 0. The van der Waals surface area contributed by atoms with Crippen LogP contribution in [0.5, 0.6) is 0 Å². The van der Waals surface area contributed by atoms with Crippen LogP contribution in [0.1, 0.15) is 12.0 Å². The SMILES string of the molecule is O=C(O)C(F)c1nccn1-c1ccccc1. The van der Waals surface area contributed by atoms with Gasteiger partial charge in [0, 0.05) is 18.1 Å². The first-order chi connectivity index (χ1) is 7.70. The van der Waals surface area contributed by atoms with E-state index in [1.54, 1.807) is 24.3 Å². The summed E-state index contributed by atoms with van der Waals surface area (Å²) in [4.78, 5) is 14.3. The summed E-state index contributed by atoms with van der Waals surface area (Å²) in [6.45, 7) is 0. The Balaban J connectivity index is 2.44. The topological polar surface area (TPSA) is 55.1 Å². The molecular weight excluding hydrogens is 211 g/mol. The van der Waals surface area contributed by atoms with Gasteiger partial charge in [-0.1, -0.05) is 18.2 Å². The van der Waals surface area contributed by atoms with Crippen molar-refractivity contribution in [3.63, 3.8) is 0 Å². The lowest BCUT2D eigenvalue weighted by Gasteiger charge is -2.08. The van der Waals surface area contributed by atoms with Crippen LogP contribution >= 0.6 is 0 Å². The highest BCUT2D eigenvalue weighted by molar-refractivity contribution is 5.73. The lowest BCUT2D eigenvalue weighted by Crippen LogP contribution is -2.12. The van der Waals surface area contributed by atoms with E-state index < -0.39 is 12.1 Å². The van der Waals surface area contributed by atoms with E-state index in [0.29, 0.717) is 5.69 Å². The number of nitrogens with zero attached hydrogens (tertiary/aromatic N) is 2. The highest BCUT2D eigenvalue weighted by atomic mass is 19.1. The molecule has 0 fully saturated rings. The van der Waals surface area contributed by atoms with E-state index >= 15 is 0 Å². The van der Waals surface area contributed by atoms with Gasteiger partial charge in [-0.3, -0.25) is 0 Å². The van der Waals surface area contributed by atoms with Gasteiger partial charge < -0.3 is 9.67 Å². The van der Waals surface area contributed by atoms with Crippen LogP contribution in [0.15, 0.2) is 42.7 Å². The molecule has 82 valence electrons. The van der Waals surface area contributed by atoms with E-state index in [2.05, 4.69) is 4.98 Å². The molecule has 0 radical (unpaired) electrons. The van der Waals surface area contributed by atoms with Crippen LogP contribution in [0.3, 0.4) is 0 Å². The Morgan fingerprint density at radius 3 is 2.69 bits per heavy atom. The number of carboxylic acids is 1. The van der Waals surface area contributed by atoms with Gasteiger partial charge >= 0.3 is 5.97 Å². The molecule has 0 aliphatic heterocycles. The molecule has 1 unspecified atom stereocenters. The molecule has 0 amide bonds. The van der Waals surface area contributed by atoms with E-state index in [9.17, 15) is 9.18 Å². The smallest absolute Gasteiger partial charge is 0.346 e. The summed E-state index contributed by atoms with van der Waals surface area (Å²) in [5.41, 5.74) is 0.680. The Kier molecular flexibility index (Phi) is 2.68.